The van der Waals surface area contributed by atoms with Crippen LogP contribution in [-0.2, 0) is 24.1 Å². The lowest BCUT2D eigenvalue weighted by Crippen LogP contribution is -2.16. The molecule has 2 aromatic heterocycles. The summed E-state index contributed by atoms with van der Waals surface area (Å²) < 4.78 is 41.5. The van der Waals surface area contributed by atoms with E-state index >= 15 is 0 Å². The van der Waals surface area contributed by atoms with Crippen LogP contribution in [0.4, 0.5) is 19.0 Å². The van der Waals surface area contributed by atoms with E-state index in [1.807, 2.05) is 31.2 Å². The zero-order valence-corrected chi connectivity index (χ0v) is 17.4. The highest BCUT2D eigenvalue weighted by molar-refractivity contribution is 9.10. The lowest BCUT2D eigenvalue weighted by Gasteiger charge is -2.05. The number of carbonyl (C=O) groups is 1. The second kappa shape index (κ2) is 8.40. The normalized spacial score (nSPS) is 11.7. The molecule has 154 valence electrons. The Balaban J connectivity index is 1.56. The van der Waals surface area contributed by atoms with Crippen molar-refractivity contribution in [2.24, 2.45) is 0 Å². The molecule has 0 aliphatic carbocycles. The topological polar surface area (TPSA) is 64.7 Å². The molecule has 0 bridgehead atoms. The van der Waals surface area contributed by atoms with E-state index in [9.17, 15) is 18.0 Å². The molecule has 0 unspecified atom stereocenters. The average Bonchev–Trinajstić information content (AvgIpc) is 3.20. The summed E-state index contributed by atoms with van der Waals surface area (Å²) in [4.78, 5) is 12.2. The molecular weight excluding hydrogens is 451 g/mol. The van der Waals surface area contributed by atoms with E-state index in [4.69, 9.17) is 0 Å². The maximum Gasteiger partial charge on any atom is 0.436 e. The van der Waals surface area contributed by atoms with E-state index in [0.29, 0.717) is 18.1 Å². The van der Waals surface area contributed by atoms with Gasteiger partial charge < -0.3 is 5.32 Å². The number of aryl methyl sites for hydroxylation is 2. The maximum absolute atomic E-state index is 12.9. The van der Waals surface area contributed by atoms with Gasteiger partial charge in [0, 0.05) is 18.7 Å². The highest BCUT2D eigenvalue weighted by Crippen LogP contribution is 2.35. The lowest BCUT2D eigenvalue weighted by molar-refractivity contribution is -0.142. The first-order valence-corrected chi connectivity index (χ1v) is 9.62. The number of anilines is 1. The largest absolute Gasteiger partial charge is 0.436 e. The minimum absolute atomic E-state index is 0.0242. The Hall–Kier alpha value is -2.62. The van der Waals surface area contributed by atoms with Gasteiger partial charge in [-0.15, -0.1) is 0 Å². The number of halogens is 4. The third kappa shape index (κ3) is 5.26. The second-order valence-corrected chi connectivity index (χ2v) is 7.44. The predicted molar refractivity (Wildman–Crippen MR) is 105 cm³/mol. The summed E-state index contributed by atoms with van der Waals surface area (Å²) in [7, 11) is 0. The number of aromatic nitrogens is 4. The molecule has 1 N–H and O–H groups in total. The molecule has 2 heterocycles. The highest BCUT2D eigenvalue weighted by atomic mass is 79.9. The zero-order valence-electron chi connectivity index (χ0n) is 15.8. The van der Waals surface area contributed by atoms with Crippen LogP contribution in [0.5, 0.6) is 0 Å². The fraction of sp³-hybridized carbons (Fsp3) is 0.316. The summed E-state index contributed by atoms with van der Waals surface area (Å²) in [5.41, 5.74) is 1.57. The Morgan fingerprint density at radius 3 is 2.45 bits per heavy atom. The molecule has 0 aliphatic heterocycles. The number of carbonyl (C=O) groups excluding carboxylic acids is 1. The molecule has 3 aromatic rings. The lowest BCUT2D eigenvalue weighted by atomic mass is 10.1. The Morgan fingerprint density at radius 1 is 1.14 bits per heavy atom. The predicted octanol–water partition coefficient (Wildman–Crippen LogP) is 4.55. The van der Waals surface area contributed by atoms with E-state index in [1.54, 1.807) is 16.9 Å². The quantitative estimate of drug-likeness (QED) is 0.575. The van der Waals surface area contributed by atoms with Crippen molar-refractivity contribution in [3.8, 4) is 0 Å². The van der Waals surface area contributed by atoms with Gasteiger partial charge in [-0.3, -0.25) is 14.2 Å². The maximum atomic E-state index is 12.9. The van der Waals surface area contributed by atoms with Gasteiger partial charge in [-0.1, -0.05) is 29.8 Å². The van der Waals surface area contributed by atoms with Gasteiger partial charge in [0.25, 0.3) is 0 Å². The second-order valence-electron chi connectivity index (χ2n) is 6.65. The molecule has 0 saturated carbocycles. The van der Waals surface area contributed by atoms with Crippen LogP contribution in [0.25, 0.3) is 0 Å². The first kappa shape index (κ1) is 21.1. The summed E-state index contributed by atoms with van der Waals surface area (Å²) in [6, 6.07) is 9.72. The molecule has 0 aliphatic rings. The average molecular weight is 470 g/mol. The minimum atomic E-state index is -4.55. The van der Waals surface area contributed by atoms with Gasteiger partial charge in [0.05, 0.1) is 23.3 Å². The molecule has 1 aromatic carbocycles. The van der Waals surface area contributed by atoms with Crippen molar-refractivity contribution in [3.05, 3.63) is 63.5 Å². The van der Waals surface area contributed by atoms with Gasteiger partial charge in [-0.2, -0.15) is 23.4 Å². The van der Waals surface area contributed by atoms with Crippen molar-refractivity contribution in [2.45, 2.75) is 39.5 Å². The van der Waals surface area contributed by atoms with Gasteiger partial charge in [-0.25, -0.2) is 0 Å². The van der Waals surface area contributed by atoms with Gasteiger partial charge in [0.2, 0.25) is 5.91 Å². The summed E-state index contributed by atoms with van der Waals surface area (Å²) in [6.45, 7) is 4.11. The van der Waals surface area contributed by atoms with Gasteiger partial charge >= 0.3 is 6.18 Å². The number of nitrogens with one attached hydrogen (secondary N) is 1. The number of hydrogen-bond donors (Lipinski definition) is 1. The first-order chi connectivity index (χ1) is 13.6. The van der Waals surface area contributed by atoms with Crippen LogP contribution in [0, 0.1) is 13.8 Å². The molecule has 10 heteroatoms. The Morgan fingerprint density at radius 2 is 1.83 bits per heavy atom. The summed E-state index contributed by atoms with van der Waals surface area (Å²) in [5, 5.41) is 10.5. The van der Waals surface area contributed by atoms with Crippen molar-refractivity contribution in [3.63, 3.8) is 0 Å². The van der Waals surface area contributed by atoms with Crippen LogP contribution < -0.4 is 5.32 Å². The summed E-state index contributed by atoms with van der Waals surface area (Å²) in [6.07, 6.45) is -2.84. The summed E-state index contributed by atoms with van der Waals surface area (Å²) >= 11 is 2.91. The van der Waals surface area contributed by atoms with Crippen molar-refractivity contribution in [2.75, 3.05) is 5.32 Å². The molecule has 1 amide bonds. The van der Waals surface area contributed by atoms with Gasteiger partial charge in [0.1, 0.15) is 0 Å². The zero-order chi connectivity index (χ0) is 21.2. The van der Waals surface area contributed by atoms with Crippen LogP contribution in [0.15, 0.2) is 41.0 Å². The van der Waals surface area contributed by atoms with E-state index in [0.717, 1.165) is 5.56 Å². The SMILES string of the molecule is Cc1ccc(Cn2ccc(NC(=O)CCn3nc(C(F)(F)F)c(Br)c3C)n2)cc1. The molecule has 6 nitrogen and oxygen atoms in total. The van der Waals surface area contributed by atoms with Crippen LogP contribution in [0.2, 0.25) is 0 Å². The number of amides is 1. The first-order valence-electron chi connectivity index (χ1n) is 8.82. The fourth-order valence-corrected chi connectivity index (χ4v) is 3.24. The smallest absolute Gasteiger partial charge is 0.309 e. The van der Waals surface area contributed by atoms with Crippen LogP contribution in [0.3, 0.4) is 0 Å². The van der Waals surface area contributed by atoms with Crippen molar-refractivity contribution < 1.29 is 18.0 Å². The molecule has 0 atom stereocenters. The van der Waals surface area contributed by atoms with Crippen LogP contribution in [-0.4, -0.2) is 25.5 Å². The van der Waals surface area contributed by atoms with Crippen molar-refractivity contribution >= 4 is 27.7 Å². The van der Waals surface area contributed by atoms with Gasteiger partial charge in [0.15, 0.2) is 11.5 Å². The molecular formula is C19H19BrF3N5O. The monoisotopic (exact) mass is 469 g/mol. The highest BCUT2D eigenvalue weighted by Gasteiger charge is 2.37. The van der Waals surface area contributed by atoms with Crippen molar-refractivity contribution in [1.82, 2.24) is 19.6 Å². The fourth-order valence-electron chi connectivity index (χ4n) is 2.73. The van der Waals surface area contributed by atoms with Crippen molar-refractivity contribution in [1.29, 1.82) is 0 Å². The van der Waals surface area contributed by atoms with Gasteiger partial charge in [-0.05, 0) is 35.3 Å². The minimum Gasteiger partial charge on any atom is -0.309 e. The number of rotatable bonds is 6. The Labute approximate surface area is 173 Å². The van der Waals surface area contributed by atoms with E-state index in [2.05, 4.69) is 31.4 Å². The van der Waals surface area contributed by atoms with Crippen LogP contribution in [0.1, 0.15) is 28.9 Å². The molecule has 0 spiro atoms. The molecule has 3 rings (SSSR count). The number of hydrogen-bond acceptors (Lipinski definition) is 3. The number of alkyl halides is 3. The van der Waals surface area contributed by atoms with Crippen LogP contribution >= 0.6 is 15.9 Å². The van der Waals surface area contributed by atoms with E-state index in [-0.39, 0.29) is 23.3 Å². The standard InChI is InChI=1S/C19H19BrF3N5O/c1-12-3-5-14(6-4-12)11-27-9-7-15(25-27)24-16(29)8-10-28-13(2)17(20)18(26-28)19(21,22)23/h3-7,9H,8,10-11H2,1-2H3,(H,24,25,29). The molecule has 0 saturated heterocycles. The van der Waals surface area contributed by atoms with E-state index < -0.39 is 11.9 Å². The van der Waals surface area contributed by atoms with E-state index in [1.165, 1.54) is 17.2 Å². The Bertz CT molecular complexity index is 1010. The molecule has 0 fully saturated rings. The Kier molecular flexibility index (Phi) is 6.11. The number of benzene rings is 1. The number of nitrogens with zero attached hydrogens (tertiary/aromatic N) is 4. The summed E-state index contributed by atoms with van der Waals surface area (Å²) in [5.74, 6) is 0.0293. The third-order valence-corrected chi connectivity index (χ3v) is 5.28. The third-order valence-electron chi connectivity index (χ3n) is 4.33. The molecule has 0 radical (unpaired) electrons. The molecule has 29 heavy (non-hydrogen) atoms.